The highest BCUT2D eigenvalue weighted by molar-refractivity contribution is 6.30. The number of benzene rings is 1. The second-order valence-corrected chi connectivity index (χ2v) is 5.69. The van der Waals surface area contributed by atoms with Crippen molar-refractivity contribution in [1.82, 2.24) is 0 Å². The van der Waals surface area contributed by atoms with Crippen LogP contribution in [0.15, 0.2) is 24.3 Å². The number of hydrogen-bond donors (Lipinski definition) is 2. The number of halogens is 1. The van der Waals surface area contributed by atoms with Crippen molar-refractivity contribution in [1.29, 1.82) is 0 Å². The van der Waals surface area contributed by atoms with Gasteiger partial charge in [-0.1, -0.05) is 30.7 Å². The number of piperidine rings is 1. The second-order valence-electron chi connectivity index (χ2n) is 5.25. The topological polar surface area (TPSA) is 32.1 Å². The molecule has 1 unspecified atom stereocenters. The van der Waals surface area contributed by atoms with Crippen LogP contribution in [0.3, 0.4) is 0 Å². The molecule has 1 aliphatic heterocycles. The van der Waals surface area contributed by atoms with Crippen LogP contribution in [0.2, 0.25) is 5.02 Å². The molecule has 0 spiro atoms. The van der Waals surface area contributed by atoms with Crippen molar-refractivity contribution in [2.24, 2.45) is 5.92 Å². The minimum Gasteiger partial charge on any atom is -0.352 e. The van der Waals surface area contributed by atoms with Crippen LogP contribution in [0.5, 0.6) is 0 Å². The van der Waals surface area contributed by atoms with Crippen LogP contribution in [0.4, 0.5) is 0 Å². The third-order valence-electron chi connectivity index (χ3n) is 3.86. The molecule has 0 radical (unpaired) electrons. The molecule has 0 aromatic heterocycles. The van der Waals surface area contributed by atoms with Gasteiger partial charge in [0, 0.05) is 16.5 Å². The third kappa shape index (κ3) is 3.21. The Morgan fingerprint density at radius 3 is 2.71 bits per heavy atom. The van der Waals surface area contributed by atoms with E-state index in [0.29, 0.717) is 6.04 Å². The van der Waals surface area contributed by atoms with Crippen LogP contribution in [0.25, 0.3) is 0 Å². The van der Waals surface area contributed by atoms with E-state index in [9.17, 15) is 0 Å². The Kier molecular flexibility index (Phi) is 4.43. The molecule has 0 aliphatic carbocycles. The minimum atomic E-state index is 0.537. The van der Waals surface area contributed by atoms with Gasteiger partial charge in [-0.2, -0.15) is 0 Å². The first kappa shape index (κ1) is 12.9. The number of quaternary nitrogens is 2. The van der Waals surface area contributed by atoms with E-state index in [1.54, 1.807) is 4.90 Å². The van der Waals surface area contributed by atoms with Gasteiger partial charge in [0.2, 0.25) is 0 Å². The molecule has 1 saturated heterocycles. The van der Waals surface area contributed by atoms with Gasteiger partial charge in [-0.25, -0.2) is 0 Å². The predicted molar refractivity (Wildman–Crippen MR) is 71.0 cm³/mol. The number of hydrogen-bond acceptors (Lipinski definition) is 0. The lowest BCUT2D eigenvalue weighted by atomic mass is 9.96. The van der Waals surface area contributed by atoms with Crippen molar-refractivity contribution in [2.45, 2.75) is 25.8 Å². The van der Waals surface area contributed by atoms with Gasteiger partial charge < -0.3 is 10.6 Å². The summed E-state index contributed by atoms with van der Waals surface area (Å²) < 4.78 is 0. The Balaban J connectivity index is 2.12. The highest BCUT2D eigenvalue weighted by atomic mass is 35.5. The summed E-state index contributed by atoms with van der Waals surface area (Å²) in [4.78, 5) is 1.70. The summed E-state index contributed by atoms with van der Waals surface area (Å²) >= 11 is 5.95. The normalized spacial score (nSPS) is 26.8. The van der Waals surface area contributed by atoms with Gasteiger partial charge in [0.25, 0.3) is 0 Å². The van der Waals surface area contributed by atoms with Gasteiger partial charge in [-0.15, -0.1) is 0 Å². The molecule has 0 saturated carbocycles. The minimum absolute atomic E-state index is 0.537. The predicted octanol–water partition coefficient (Wildman–Crippen LogP) is 0.938. The monoisotopic (exact) mass is 254 g/mol. The van der Waals surface area contributed by atoms with Gasteiger partial charge in [0.1, 0.15) is 6.54 Å². The van der Waals surface area contributed by atoms with Crippen LogP contribution in [-0.2, 0) is 0 Å². The summed E-state index contributed by atoms with van der Waals surface area (Å²) in [6.45, 7) is 5.89. The Labute approximate surface area is 109 Å². The molecular weight excluding hydrogens is 232 g/mol. The van der Waals surface area contributed by atoms with Crippen molar-refractivity contribution in [3.05, 3.63) is 34.9 Å². The standard InChI is InChI=1S/C14H21ClN2/c1-11-3-2-8-17(10-11)14(9-16)12-4-6-13(15)7-5-12/h4-7,11,14H,2-3,8-10,16H2,1H3/p+2/t11-,14-/m0/s1. The zero-order chi connectivity index (χ0) is 12.3. The van der Waals surface area contributed by atoms with Gasteiger partial charge in [-0.3, -0.25) is 0 Å². The molecular formula is C14H23ClN2+2. The quantitative estimate of drug-likeness (QED) is 0.805. The lowest BCUT2D eigenvalue weighted by molar-refractivity contribution is -0.945. The van der Waals surface area contributed by atoms with Crippen LogP contribution in [-0.4, -0.2) is 19.6 Å². The summed E-state index contributed by atoms with van der Waals surface area (Å²) in [6, 6.07) is 8.84. The largest absolute Gasteiger partial charge is 0.352 e. The van der Waals surface area contributed by atoms with Crippen molar-refractivity contribution in [2.75, 3.05) is 19.6 Å². The van der Waals surface area contributed by atoms with Crippen molar-refractivity contribution >= 4 is 11.6 Å². The van der Waals surface area contributed by atoms with Crippen LogP contribution >= 0.6 is 11.6 Å². The Morgan fingerprint density at radius 2 is 2.12 bits per heavy atom. The molecule has 17 heavy (non-hydrogen) atoms. The fraction of sp³-hybridized carbons (Fsp3) is 0.571. The zero-order valence-electron chi connectivity index (χ0n) is 10.6. The third-order valence-corrected chi connectivity index (χ3v) is 4.11. The van der Waals surface area contributed by atoms with E-state index < -0.39 is 0 Å². The highest BCUT2D eigenvalue weighted by Crippen LogP contribution is 2.15. The van der Waals surface area contributed by atoms with E-state index in [-0.39, 0.29) is 0 Å². The summed E-state index contributed by atoms with van der Waals surface area (Å²) in [6.07, 6.45) is 2.73. The molecule has 1 aliphatic rings. The summed E-state index contributed by atoms with van der Waals surface area (Å²) in [7, 11) is 0. The second kappa shape index (κ2) is 5.85. The van der Waals surface area contributed by atoms with Crippen LogP contribution < -0.4 is 10.6 Å². The van der Waals surface area contributed by atoms with E-state index in [0.717, 1.165) is 17.5 Å². The summed E-state index contributed by atoms with van der Waals surface area (Å²) in [5.41, 5.74) is 5.51. The van der Waals surface area contributed by atoms with Gasteiger partial charge in [0.15, 0.2) is 6.04 Å². The first-order chi connectivity index (χ1) is 8.20. The van der Waals surface area contributed by atoms with E-state index in [1.807, 2.05) is 12.1 Å². The molecule has 0 bridgehead atoms. The molecule has 0 amide bonds. The number of rotatable bonds is 3. The average molecular weight is 255 g/mol. The molecule has 2 rings (SSSR count). The average Bonchev–Trinajstić information content (AvgIpc) is 2.33. The summed E-state index contributed by atoms with van der Waals surface area (Å²) in [5.74, 6) is 0.847. The van der Waals surface area contributed by atoms with Crippen molar-refractivity contribution in [3.63, 3.8) is 0 Å². The fourth-order valence-corrected chi connectivity index (χ4v) is 3.07. The van der Waals surface area contributed by atoms with Gasteiger partial charge >= 0.3 is 0 Å². The lowest BCUT2D eigenvalue weighted by Crippen LogP contribution is -3.15. The van der Waals surface area contributed by atoms with E-state index in [1.165, 1.54) is 31.5 Å². The molecule has 1 heterocycles. The lowest BCUT2D eigenvalue weighted by Gasteiger charge is -2.33. The first-order valence-corrected chi connectivity index (χ1v) is 6.97. The molecule has 1 fully saturated rings. The maximum atomic E-state index is 5.95. The molecule has 3 heteroatoms. The maximum absolute atomic E-state index is 5.95. The number of nitrogens with one attached hydrogen (secondary N) is 1. The fourth-order valence-electron chi connectivity index (χ4n) is 2.95. The summed E-state index contributed by atoms with van der Waals surface area (Å²) in [5, 5.41) is 0.818. The molecule has 4 N–H and O–H groups in total. The molecule has 2 nitrogen and oxygen atoms in total. The van der Waals surface area contributed by atoms with Crippen molar-refractivity contribution in [3.8, 4) is 0 Å². The van der Waals surface area contributed by atoms with Crippen LogP contribution in [0, 0.1) is 5.92 Å². The van der Waals surface area contributed by atoms with Crippen molar-refractivity contribution < 1.29 is 10.6 Å². The number of likely N-dealkylation sites (tertiary alicyclic amines) is 1. The Morgan fingerprint density at radius 1 is 1.41 bits per heavy atom. The van der Waals surface area contributed by atoms with Gasteiger partial charge in [-0.05, 0) is 25.0 Å². The SMILES string of the molecule is C[C@H]1CCC[NH+]([C@@H](C[NH3+])c2ccc(Cl)cc2)C1. The highest BCUT2D eigenvalue weighted by Gasteiger charge is 2.28. The first-order valence-electron chi connectivity index (χ1n) is 6.60. The Hall–Kier alpha value is -0.570. The molecule has 94 valence electrons. The smallest absolute Gasteiger partial charge is 0.162 e. The van der Waals surface area contributed by atoms with Crippen LogP contribution in [0.1, 0.15) is 31.4 Å². The van der Waals surface area contributed by atoms with E-state index in [2.05, 4.69) is 24.8 Å². The molecule has 3 atom stereocenters. The molecule has 1 aromatic rings. The molecule has 1 aromatic carbocycles. The van der Waals surface area contributed by atoms with Gasteiger partial charge in [0.05, 0.1) is 13.1 Å². The van der Waals surface area contributed by atoms with E-state index >= 15 is 0 Å². The maximum Gasteiger partial charge on any atom is 0.162 e. The zero-order valence-corrected chi connectivity index (χ0v) is 11.3. The Bertz CT molecular complexity index is 350. The van der Waals surface area contributed by atoms with E-state index in [4.69, 9.17) is 11.6 Å².